The van der Waals surface area contributed by atoms with E-state index in [-0.39, 0.29) is 62.5 Å². The maximum atomic E-state index is 14.4. The molecule has 4 aromatic rings. The van der Waals surface area contributed by atoms with Crippen LogP contribution in [0, 0.1) is 0 Å². The minimum atomic E-state index is -0.902. The van der Waals surface area contributed by atoms with E-state index in [1.165, 1.54) is 0 Å². The molecule has 11 nitrogen and oxygen atoms in total. The van der Waals surface area contributed by atoms with Crippen molar-refractivity contribution in [1.82, 2.24) is 29.7 Å². The SMILES string of the molecule is C=CCN1CC(=O)N2[C@@H](Cc3ccc(O)cc3)C(=O)N(Cc3cccc4c(C(=O)CC)cn(C)c34)C[C@@H]2N1C(=O)NCc1ccccc1. The Kier molecular flexibility index (Phi) is 9.31. The Morgan fingerprint density at radius 1 is 1.00 bits per heavy atom. The van der Waals surface area contributed by atoms with Gasteiger partial charge in [-0.25, -0.2) is 14.8 Å². The van der Waals surface area contributed by atoms with Crippen molar-refractivity contribution in [1.29, 1.82) is 0 Å². The van der Waals surface area contributed by atoms with Gasteiger partial charge in [0.25, 0.3) is 0 Å². The number of phenolic OH excluding ortho intramolecular Hbond substituents is 1. The number of piperazine rings is 1. The Labute approximate surface area is 279 Å². The minimum absolute atomic E-state index is 0.0385. The minimum Gasteiger partial charge on any atom is -0.508 e. The quantitative estimate of drug-likeness (QED) is 0.197. The lowest BCUT2D eigenvalue weighted by Gasteiger charge is -2.55. The summed E-state index contributed by atoms with van der Waals surface area (Å²) in [5, 5.41) is 16.9. The number of nitrogens with zero attached hydrogens (tertiary/aromatic N) is 5. The number of rotatable bonds is 10. The van der Waals surface area contributed by atoms with Crippen LogP contribution in [-0.4, -0.2) is 85.0 Å². The molecule has 0 bridgehead atoms. The molecule has 1 aromatic heterocycles. The average Bonchev–Trinajstić information content (AvgIpc) is 3.43. The van der Waals surface area contributed by atoms with Crippen molar-refractivity contribution in [2.24, 2.45) is 7.05 Å². The number of hydrazine groups is 1. The van der Waals surface area contributed by atoms with E-state index in [2.05, 4.69) is 11.9 Å². The first-order valence-corrected chi connectivity index (χ1v) is 16.1. The number of amides is 4. The fraction of sp³-hybridized carbons (Fsp3) is 0.297. The van der Waals surface area contributed by atoms with Crippen molar-refractivity contribution in [3.63, 3.8) is 0 Å². The summed E-state index contributed by atoms with van der Waals surface area (Å²) in [6.07, 6.45) is 3.25. The summed E-state index contributed by atoms with van der Waals surface area (Å²) in [5.74, 6) is -0.375. The van der Waals surface area contributed by atoms with Crippen molar-refractivity contribution in [2.45, 2.75) is 45.1 Å². The Morgan fingerprint density at radius 3 is 2.46 bits per heavy atom. The van der Waals surface area contributed by atoms with Crippen molar-refractivity contribution < 1.29 is 24.3 Å². The third-order valence-corrected chi connectivity index (χ3v) is 9.10. The number of phenols is 1. The molecule has 11 heteroatoms. The van der Waals surface area contributed by atoms with Gasteiger partial charge in [0.05, 0.1) is 18.6 Å². The van der Waals surface area contributed by atoms with Gasteiger partial charge in [-0.15, -0.1) is 6.58 Å². The van der Waals surface area contributed by atoms with E-state index in [1.54, 1.807) is 50.2 Å². The van der Waals surface area contributed by atoms with Gasteiger partial charge in [0, 0.05) is 56.7 Å². The van der Waals surface area contributed by atoms with Crippen LogP contribution < -0.4 is 5.32 Å². The van der Waals surface area contributed by atoms with E-state index in [0.29, 0.717) is 12.0 Å². The van der Waals surface area contributed by atoms with E-state index in [9.17, 15) is 24.3 Å². The summed E-state index contributed by atoms with van der Waals surface area (Å²) in [5.41, 5.74) is 4.02. The van der Waals surface area contributed by atoms with Gasteiger partial charge in [-0.05, 0) is 28.8 Å². The third-order valence-electron chi connectivity index (χ3n) is 9.10. The number of fused-ring (bicyclic) bond motifs is 2. The lowest BCUT2D eigenvalue weighted by molar-refractivity contribution is -0.189. The summed E-state index contributed by atoms with van der Waals surface area (Å²) >= 11 is 0. The Bertz CT molecular complexity index is 1850. The van der Waals surface area contributed by atoms with Gasteiger partial charge in [-0.2, -0.15) is 0 Å². The molecule has 0 aliphatic carbocycles. The molecule has 3 aromatic carbocycles. The van der Waals surface area contributed by atoms with Crippen LogP contribution in [0.3, 0.4) is 0 Å². The number of aryl methyl sites for hydroxylation is 1. The standard InChI is InChI=1S/C37H40N6O5/c1-4-18-41-24-34(46)42-31(19-25-14-16-28(44)17-15-25)36(47)40(23-33(42)43(41)37(48)38-20-26-10-7-6-8-11-26)21-27-12-9-13-29-30(32(45)5-2)22-39(3)35(27)29/h4,6-17,22,31,33,44H,1,5,18-21,23-24H2,2-3H3,(H,38,48)/t31-,33-/m0/s1. The number of urea groups is 1. The van der Waals surface area contributed by atoms with Gasteiger partial charge in [-0.3, -0.25) is 14.4 Å². The van der Waals surface area contributed by atoms with Gasteiger partial charge in [0.1, 0.15) is 18.0 Å². The average molecular weight is 649 g/mol. The molecule has 2 saturated heterocycles. The molecule has 2 aliphatic heterocycles. The van der Waals surface area contributed by atoms with Crippen LogP contribution in [0.25, 0.3) is 10.9 Å². The first-order chi connectivity index (χ1) is 23.2. The molecule has 0 spiro atoms. The Hall–Kier alpha value is -5.42. The van der Waals surface area contributed by atoms with E-state index in [0.717, 1.165) is 27.6 Å². The van der Waals surface area contributed by atoms with Gasteiger partial charge in [-0.1, -0.05) is 73.7 Å². The molecule has 4 amide bonds. The second-order valence-corrected chi connectivity index (χ2v) is 12.3. The highest BCUT2D eigenvalue weighted by Crippen LogP contribution is 2.32. The smallest absolute Gasteiger partial charge is 0.334 e. The zero-order chi connectivity index (χ0) is 33.9. The number of hydrogen-bond acceptors (Lipinski definition) is 6. The van der Waals surface area contributed by atoms with E-state index < -0.39 is 18.2 Å². The van der Waals surface area contributed by atoms with Crippen LogP contribution in [0.15, 0.2) is 91.6 Å². The molecule has 2 fully saturated rings. The summed E-state index contributed by atoms with van der Waals surface area (Å²) in [7, 11) is 1.89. The number of para-hydroxylation sites is 1. The van der Waals surface area contributed by atoms with Crippen LogP contribution in [-0.2, 0) is 36.1 Å². The molecule has 0 saturated carbocycles. The number of ketones is 1. The fourth-order valence-corrected chi connectivity index (χ4v) is 6.85. The van der Waals surface area contributed by atoms with E-state index >= 15 is 0 Å². The Morgan fingerprint density at radius 2 is 1.75 bits per heavy atom. The highest BCUT2D eigenvalue weighted by molar-refractivity contribution is 6.08. The Balaban J connectivity index is 1.39. The van der Waals surface area contributed by atoms with Crippen molar-refractivity contribution in [3.8, 4) is 5.75 Å². The molecule has 48 heavy (non-hydrogen) atoms. The summed E-state index contributed by atoms with van der Waals surface area (Å²) < 4.78 is 1.92. The van der Waals surface area contributed by atoms with Gasteiger partial charge >= 0.3 is 6.03 Å². The third kappa shape index (κ3) is 6.28. The molecular formula is C37H40N6O5. The monoisotopic (exact) mass is 648 g/mol. The maximum absolute atomic E-state index is 14.4. The van der Waals surface area contributed by atoms with Crippen LogP contribution in [0.4, 0.5) is 4.79 Å². The largest absolute Gasteiger partial charge is 0.508 e. The van der Waals surface area contributed by atoms with Gasteiger partial charge < -0.3 is 24.8 Å². The first kappa shape index (κ1) is 32.5. The summed E-state index contributed by atoms with van der Waals surface area (Å²) in [4.78, 5) is 58.4. The van der Waals surface area contributed by atoms with Crippen molar-refractivity contribution >= 4 is 34.5 Å². The summed E-state index contributed by atoms with van der Waals surface area (Å²) in [6.45, 7) is 6.41. The lowest BCUT2D eigenvalue weighted by atomic mass is 9.98. The predicted molar refractivity (Wildman–Crippen MR) is 181 cm³/mol. The topological polar surface area (TPSA) is 118 Å². The second kappa shape index (κ2) is 13.7. The molecule has 0 radical (unpaired) electrons. The number of nitrogens with one attached hydrogen (secondary N) is 1. The molecule has 2 aliphatic rings. The lowest BCUT2D eigenvalue weighted by Crippen LogP contribution is -2.76. The highest BCUT2D eigenvalue weighted by atomic mass is 16.3. The zero-order valence-electron chi connectivity index (χ0n) is 27.2. The zero-order valence-corrected chi connectivity index (χ0v) is 27.2. The van der Waals surface area contributed by atoms with Crippen LogP contribution in [0.5, 0.6) is 5.75 Å². The fourth-order valence-electron chi connectivity index (χ4n) is 6.85. The molecule has 3 heterocycles. The number of carbonyl (C=O) groups excluding carboxylic acids is 4. The number of carbonyl (C=O) groups is 4. The second-order valence-electron chi connectivity index (χ2n) is 12.3. The molecule has 248 valence electrons. The molecule has 0 unspecified atom stereocenters. The van der Waals surface area contributed by atoms with Crippen molar-refractivity contribution in [3.05, 3.63) is 114 Å². The number of hydrogen-bond donors (Lipinski definition) is 2. The summed E-state index contributed by atoms with van der Waals surface area (Å²) in [6, 6.07) is 20.6. The highest BCUT2D eigenvalue weighted by Gasteiger charge is 2.51. The molecule has 2 atom stereocenters. The number of benzene rings is 3. The first-order valence-electron chi connectivity index (χ1n) is 16.1. The van der Waals surface area contributed by atoms with Gasteiger partial charge in [0.15, 0.2) is 5.78 Å². The predicted octanol–water partition coefficient (Wildman–Crippen LogP) is 4.21. The molecular weight excluding hydrogens is 608 g/mol. The van der Waals surface area contributed by atoms with E-state index in [1.807, 2.05) is 73.3 Å². The number of aromatic hydroxyl groups is 1. The van der Waals surface area contributed by atoms with Crippen molar-refractivity contribution in [2.75, 3.05) is 19.6 Å². The number of aromatic nitrogens is 1. The maximum Gasteiger partial charge on any atom is 0.334 e. The van der Waals surface area contributed by atoms with Gasteiger partial charge in [0.2, 0.25) is 11.8 Å². The van der Waals surface area contributed by atoms with Crippen LogP contribution in [0.1, 0.15) is 40.4 Å². The normalized spacial score (nSPS) is 18.2. The number of Topliss-reactive ketones (excluding diaryl/α,β-unsaturated/α-hetero) is 1. The molecule has 6 rings (SSSR count). The van der Waals surface area contributed by atoms with E-state index in [4.69, 9.17) is 0 Å². The van der Waals surface area contributed by atoms with Crippen LogP contribution >= 0.6 is 0 Å². The molecule has 2 N–H and O–H groups in total. The van der Waals surface area contributed by atoms with Crippen LogP contribution in [0.2, 0.25) is 0 Å².